The van der Waals surface area contributed by atoms with E-state index in [-0.39, 0.29) is 0 Å². The number of rotatable bonds is 4. The summed E-state index contributed by atoms with van der Waals surface area (Å²) in [5, 5.41) is 15.9. The van der Waals surface area contributed by atoms with Gasteiger partial charge in [-0.3, -0.25) is 0 Å². The van der Waals surface area contributed by atoms with Crippen LogP contribution in [0.25, 0.3) is 11.4 Å². The average Bonchev–Trinajstić information content (AvgIpc) is 3.23. The monoisotopic (exact) mass is 316 g/mol. The van der Waals surface area contributed by atoms with Crippen molar-refractivity contribution < 1.29 is 4.52 Å². The molecule has 4 rings (SSSR count). The largest absolute Gasteiger partial charge is 0.338 e. The lowest BCUT2D eigenvalue weighted by Gasteiger charge is -2.22. The van der Waals surface area contributed by atoms with Gasteiger partial charge >= 0.3 is 0 Å². The highest BCUT2D eigenvalue weighted by Gasteiger charge is 2.21. The summed E-state index contributed by atoms with van der Waals surface area (Å²) in [7, 11) is 0. The lowest BCUT2D eigenvalue weighted by Crippen LogP contribution is -2.37. The summed E-state index contributed by atoms with van der Waals surface area (Å²) in [5.74, 6) is 3.18. The Morgan fingerprint density at radius 1 is 1.45 bits per heavy atom. The summed E-state index contributed by atoms with van der Waals surface area (Å²) in [4.78, 5) is 8.84. The molecule has 7 nitrogen and oxygen atoms in total. The summed E-state index contributed by atoms with van der Waals surface area (Å²) in [5.41, 5.74) is 1.00. The molecule has 4 heterocycles. The van der Waals surface area contributed by atoms with E-state index in [2.05, 4.69) is 25.5 Å². The number of thiophene rings is 1. The van der Waals surface area contributed by atoms with Crippen LogP contribution in [0.1, 0.15) is 24.0 Å². The van der Waals surface area contributed by atoms with Crippen LogP contribution in [0.4, 0.5) is 0 Å². The van der Waals surface area contributed by atoms with Gasteiger partial charge in [-0.1, -0.05) is 5.16 Å². The number of aryl methyl sites for hydroxylation is 2. The fraction of sp³-hybridized carbons (Fsp3) is 0.429. The highest BCUT2D eigenvalue weighted by molar-refractivity contribution is 7.08. The van der Waals surface area contributed by atoms with Crippen molar-refractivity contribution in [3.8, 4) is 11.4 Å². The van der Waals surface area contributed by atoms with Gasteiger partial charge in [0.1, 0.15) is 11.6 Å². The maximum atomic E-state index is 5.30. The first-order valence-corrected chi connectivity index (χ1v) is 8.21. The van der Waals surface area contributed by atoms with Gasteiger partial charge in [0.05, 0.1) is 13.1 Å². The van der Waals surface area contributed by atoms with Crippen molar-refractivity contribution in [3.63, 3.8) is 0 Å². The molecule has 0 amide bonds. The van der Waals surface area contributed by atoms with Crippen molar-refractivity contribution in [3.05, 3.63) is 34.4 Å². The third kappa shape index (κ3) is 2.67. The Morgan fingerprint density at radius 3 is 3.27 bits per heavy atom. The van der Waals surface area contributed by atoms with E-state index in [4.69, 9.17) is 4.52 Å². The molecule has 0 spiro atoms. The van der Waals surface area contributed by atoms with Crippen LogP contribution in [-0.4, -0.2) is 30.9 Å². The Kier molecular flexibility index (Phi) is 3.47. The second-order valence-corrected chi connectivity index (χ2v) is 6.18. The molecule has 0 radical (unpaired) electrons. The minimum atomic E-state index is 0.352. The molecular formula is C14H16N6OS. The molecule has 1 N–H and O–H groups in total. The Balaban J connectivity index is 1.37. The van der Waals surface area contributed by atoms with Crippen LogP contribution in [0, 0.1) is 6.92 Å². The topological polar surface area (TPSA) is 81.7 Å². The molecule has 0 fully saturated rings. The zero-order valence-corrected chi connectivity index (χ0v) is 13.0. The summed E-state index contributed by atoms with van der Waals surface area (Å²) >= 11 is 1.62. The molecule has 0 bridgehead atoms. The van der Waals surface area contributed by atoms with E-state index < -0.39 is 0 Å². The number of hydrogen-bond donors (Lipinski definition) is 1. The third-order valence-corrected chi connectivity index (χ3v) is 4.44. The minimum Gasteiger partial charge on any atom is -0.338 e. The van der Waals surface area contributed by atoms with Crippen molar-refractivity contribution in [2.45, 2.75) is 38.9 Å². The van der Waals surface area contributed by atoms with E-state index in [0.29, 0.717) is 24.3 Å². The number of aromatic nitrogens is 5. The van der Waals surface area contributed by atoms with Gasteiger partial charge in [-0.25, -0.2) is 9.67 Å². The highest BCUT2D eigenvalue weighted by atomic mass is 32.1. The van der Waals surface area contributed by atoms with Gasteiger partial charge in [0, 0.05) is 23.4 Å². The Hall–Kier alpha value is -2.06. The molecule has 8 heteroatoms. The zero-order chi connectivity index (χ0) is 14.9. The zero-order valence-electron chi connectivity index (χ0n) is 12.2. The molecule has 0 unspecified atom stereocenters. The van der Waals surface area contributed by atoms with Gasteiger partial charge in [0.2, 0.25) is 11.7 Å². The molecule has 1 aliphatic heterocycles. The fourth-order valence-corrected chi connectivity index (χ4v) is 3.30. The van der Waals surface area contributed by atoms with Crippen LogP contribution in [-0.2, 0) is 19.5 Å². The molecule has 0 aliphatic carbocycles. The van der Waals surface area contributed by atoms with E-state index in [1.165, 1.54) is 0 Å². The smallest absolute Gasteiger partial charge is 0.240 e. The highest BCUT2D eigenvalue weighted by Crippen LogP contribution is 2.19. The number of nitrogens with zero attached hydrogens (tertiary/aromatic N) is 5. The normalized spacial score (nSPS) is 17.6. The van der Waals surface area contributed by atoms with Crippen molar-refractivity contribution >= 4 is 11.3 Å². The summed E-state index contributed by atoms with van der Waals surface area (Å²) in [6.45, 7) is 3.34. The summed E-state index contributed by atoms with van der Waals surface area (Å²) in [6.07, 6.45) is 1.99. The number of fused-ring (bicyclic) bond motifs is 1. The molecule has 0 saturated heterocycles. The van der Waals surface area contributed by atoms with Crippen LogP contribution >= 0.6 is 11.3 Å². The van der Waals surface area contributed by atoms with Gasteiger partial charge in [-0.15, -0.1) is 0 Å². The molecular weight excluding hydrogens is 300 g/mol. The van der Waals surface area contributed by atoms with Crippen LogP contribution < -0.4 is 5.32 Å². The van der Waals surface area contributed by atoms with E-state index in [1.54, 1.807) is 11.3 Å². The number of nitrogens with one attached hydrogen (secondary N) is 1. The van der Waals surface area contributed by atoms with Crippen molar-refractivity contribution in [2.24, 2.45) is 0 Å². The van der Waals surface area contributed by atoms with Gasteiger partial charge < -0.3 is 9.84 Å². The predicted molar refractivity (Wildman–Crippen MR) is 81.3 cm³/mol. The molecule has 0 aromatic carbocycles. The van der Waals surface area contributed by atoms with Crippen molar-refractivity contribution in [1.29, 1.82) is 0 Å². The first kappa shape index (κ1) is 13.6. The molecule has 3 aromatic heterocycles. The second-order valence-electron chi connectivity index (χ2n) is 5.40. The average molecular weight is 316 g/mol. The van der Waals surface area contributed by atoms with Crippen LogP contribution in [0.5, 0.6) is 0 Å². The molecule has 114 valence electrons. The summed E-state index contributed by atoms with van der Waals surface area (Å²) in [6, 6.07) is 2.34. The number of hydrogen-bond acceptors (Lipinski definition) is 7. The van der Waals surface area contributed by atoms with Gasteiger partial charge in [0.25, 0.3) is 0 Å². The van der Waals surface area contributed by atoms with E-state index in [0.717, 1.165) is 36.6 Å². The molecule has 3 aromatic rings. The maximum Gasteiger partial charge on any atom is 0.240 e. The Morgan fingerprint density at radius 2 is 2.41 bits per heavy atom. The lowest BCUT2D eigenvalue weighted by atomic mass is 10.1. The quantitative estimate of drug-likeness (QED) is 0.790. The van der Waals surface area contributed by atoms with Crippen LogP contribution in [0.3, 0.4) is 0 Å². The van der Waals surface area contributed by atoms with Gasteiger partial charge in [0.15, 0.2) is 0 Å². The minimum absolute atomic E-state index is 0.352. The van der Waals surface area contributed by atoms with E-state index in [9.17, 15) is 0 Å². The van der Waals surface area contributed by atoms with Crippen LogP contribution in [0.15, 0.2) is 21.3 Å². The van der Waals surface area contributed by atoms with Gasteiger partial charge in [-0.05, 0) is 24.8 Å². The third-order valence-electron chi connectivity index (χ3n) is 3.75. The first-order valence-electron chi connectivity index (χ1n) is 7.27. The molecule has 22 heavy (non-hydrogen) atoms. The summed E-state index contributed by atoms with van der Waals surface area (Å²) < 4.78 is 7.29. The predicted octanol–water partition coefficient (Wildman–Crippen LogP) is 1.80. The second kappa shape index (κ2) is 5.62. The fourth-order valence-electron chi connectivity index (χ4n) is 2.67. The van der Waals surface area contributed by atoms with Gasteiger partial charge in [-0.2, -0.15) is 21.4 Å². The Bertz CT molecular complexity index is 762. The molecule has 1 atom stereocenters. The van der Waals surface area contributed by atoms with Crippen LogP contribution in [0.2, 0.25) is 0 Å². The maximum absolute atomic E-state index is 5.30. The Labute approximate surface area is 131 Å². The van der Waals surface area contributed by atoms with E-state index >= 15 is 0 Å². The van der Waals surface area contributed by atoms with E-state index in [1.807, 2.05) is 28.4 Å². The van der Waals surface area contributed by atoms with Crippen molar-refractivity contribution in [2.75, 3.05) is 0 Å². The molecule has 1 aliphatic rings. The lowest BCUT2D eigenvalue weighted by molar-refractivity contribution is 0.320. The molecule has 0 saturated carbocycles. The standard InChI is InChI=1S/C14H16N6OS/c1-9-16-12-3-2-11(7-20(12)18-9)15-6-13-17-14(19-21-13)10-4-5-22-8-10/h4-5,8,11,15H,2-3,6-7H2,1H3/t11-/m0/s1. The van der Waals surface area contributed by atoms with Crippen molar-refractivity contribution in [1.82, 2.24) is 30.2 Å². The SMILES string of the molecule is Cc1nc2n(n1)C[C@@H](NCc1nc(-c3ccsc3)no1)CC2. The first-order chi connectivity index (χ1) is 10.8.